The number of hydrogen-bond donors (Lipinski definition) is 2. The summed E-state index contributed by atoms with van der Waals surface area (Å²) in [6, 6.07) is 0. The summed E-state index contributed by atoms with van der Waals surface area (Å²) in [5, 5.41) is 0. The first-order chi connectivity index (χ1) is 6.21. The summed E-state index contributed by atoms with van der Waals surface area (Å²) in [5.41, 5.74) is 8.36. The lowest BCUT2D eigenvalue weighted by molar-refractivity contribution is 0.706. The second-order valence-electron chi connectivity index (χ2n) is 3.86. The first-order valence-electron chi connectivity index (χ1n) is 4.52. The number of nitrogens with one attached hydrogen (secondary N) is 1. The van der Waals surface area contributed by atoms with E-state index in [0.717, 1.165) is 24.3 Å². The number of aryl methyl sites for hydroxylation is 1. The Balaban J connectivity index is 2.29. The average Bonchev–Trinajstić information content (AvgIpc) is 2.62. The standard InChI is InChI=1S/C9H12N4/c1-6-7(9(10)2-3-9)12-8-11-4-5-13(6)8/h4-5H,2-3,10H2,1H3,(H,11,12). The van der Waals surface area contributed by atoms with Gasteiger partial charge in [-0.15, -0.1) is 0 Å². The Kier molecular flexibility index (Phi) is 1.08. The van der Waals surface area contributed by atoms with Crippen LogP contribution in [0.2, 0.25) is 0 Å². The topological polar surface area (TPSA) is 59.1 Å². The van der Waals surface area contributed by atoms with Crippen molar-refractivity contribution in [1.29, 1.82) is 0 Å². The summed E-state index contributed by atoms with van der Waals surface area (Å²) < 4.78 is 2.04. The first-order valence-corrected chi connectivity index (χ1v) is 4.52. The van der Waals surface area contributed by atoms with Gasteiger partial charge in [-0.3, -0.25) is 4.40 Å². The maximum absolute atomic E-state index is 6.12. The molecule has 2 aromatic heterocycles. The van der Waals surface area contributed by atoms with Crippen molar-refractivity contribution in [3.63, 3.8) is 0 Å². The predicted molar refractivity (Wildman–Crippen MR) is 49.4 cm³/mol. The number of aromatic nitrogens is 3. The number of imidazole rings is 2. The van der Waals surface area contributed by atoms with Gasteiger partial charge in [0.15, 0.2) is 0 Å². The Morgan fingerprint density at radius 1 is 1.62 bits per heavy atom. The molecule has 0 spiro atoms. The number of aromatic amines is 1. The molecule has 13 heavy (non-hydrogen) atoms. The highest BCUT2D eigenvalue weighted by atomic mass is 15.1. The highest BCUT2D eigenvalue weighted by molar-refractivity contribution is 5.40. The molecule has 1 aliphatic rings. The number of fused-ring (bicyclic) bond motifs is 1. The first kappa shape index (κ1) is 7.15. The number of rotatable bonds is 1. The number of nitrogens with two attached hydrogens (primary N) is 1. The Bertz CT molecular complexity index is 461. The van der Waals surface area contributed by atoms with E-state index in [1.54, 1.807) is 6.20 Å². The summed E-state index contributed by atoms with van der Waals surface area (Å²) in [6.07, 6.45) is 5.91. The molecule has 0 bridgehead atoms. The molecule has 4 heteroatoms. The maximum Gasteiger partial charge on any atom is 0.211 e. The van der Waals surface area contributed by atoms with Crippen molar-refractivity contribution < 1.29 is 0 Å². The van der Waals surface area contributed by atoms with Crippen LogP contribution < -0.4 is 5.73 Å². The molecule has 3 N–H and O–H groups in total. The summed E-state index contributed by atoms with van der Waals surface area (Å²) in [4.78, 5) is 7.47. The summed E-state index contributed by atoms with van der Waals surface area (Å²) >= 11 is 0. The van der Waals surface area contributed by atoms with Gasteiger partial charge in [-0.2, -0.15) is 0 Å². The normalized spacial score (nSPS) is 19.5. The molecular formula is C9H12N4. The molecule has 2 aromatic rings. The minimum atomic E-state index is -0.0925. The Morgan fingerprint density at radius 2 is 2.38 bits per heavy atom. The van der Waals surface area contributed by atoms with Crippen molar-refractivity contribution in [2.24, 2.45) is 5.73 Å². The van der Waals surface area contributed by atoms with E-state index in [0.29, 0.717) is 0 Å². The molecule has 0 unspecified atom stereocenters. The molecule has 2 heterocycles. The number of nitrogens with zero attached hydrogens (tertiary/aromatic N) is 2. The van der Waals surface area contributed by atoms with Crippen LogP contribution in [0.1, 0.15) is 24.2 Å². The van der Waals surface area contributed by atoms with Gasteiger partial charge in [0.05, 0.1) is 11.2 Å². The third-order valence-electron chi connectivity index (χ3n) is 2.89. The molecule has 0 saturated heterocycles. The van der Waals surface area contributed by atoms with Gasteiger partial charge in [-0.05, 0) is 19.8 Å². The van der Waals surface area contributed by atoms with Crippen LogP contribution >= 0.6 is 0 Å². The summed E-state index contributed by atoms with van der Waals surface area (Å²) in [5.74, 6) is 0.893. The van der Waals surface area contributed by atoms with Crippen molar-refractivity contribution in [3.05, 3.63) is 23.8 Å². The molecule has 4 nitrogen and oxygen atoms in total. The zero-order valence-corrected chi connectivity index (χ0v) is 7.54. The van der Waals surface area contributed by atoms with E-state index in [9.17, 15) is 0 Å². The highest BCUT2D eigenvalue weighted by Crippen LogP contribution is 2.43. The van der Waals surface area contributed by atoms with E-state index < -0.39 is 0 Å². The van der Waals surface area contributed by atoms with Gasteiger partial charge in [-0.1, -0.05) is 0 Å². The highest BCUT2D eigenvalue weighted by Gasteiger charge is 2.43. The summed E-state index contributed by atoms with van der Waals surface area (Å²) in [6.45, 7) is 2.08. The fourth-order valence-corrected chi connectivity index (χ4v) is 1.86. The molecule has 1 saturated carbocycles. The van der Waals surface area contributed by atoms with E-state index in [1.165, 1.54) is 5.69 Å². The predicted octanol–water partition coefficient (Wildman–Crippen LogP) is 0.919. The van der Waals surface area contributed by atoms with Crippen molar-refractivity contribution in [3.8, 4) is 0 Å². The second kappa shape index (κ2) is 1.96. The Labute approximate surface area is 75.8 Å². The molecule has 0 aromatic carbocycles. The third-order valence-corrected chi connectivity index (χ3v) is 2.89. The smallest absolute Gasteiger partial charge is 0.211 e. The van der Waals surface area contributed by atoms with E-state index in [1.807, 2.05) is 10.6 Å². The van der Waals surface area contributed by atoms with Gasteiger partial charge in [-0.25, -0.2) is 4.98 Å². The molecule has 1 fully saturated rings. The van der Waals surface area contributed by atoms with E-state index >= 15 is 0 Å². The van der Waals surface area contributed by atoms with Crippen LogP contribution in [0, 0.1) is 6.92 Å². The van der Waals surface area contributed by atoms with Crippen LogP contribution in [0.15, 0.2) is 12.4 Å². The number of H-pyrrole nitrogens is 1. The van der Waals surface area contributed by atoms with Crippen LogP contribution in [0.4, 0.5) is 0 Å². The maximum atomic E-state index is 6.12. The van der Waals surface area contributed by atoms with Gasteiger partial charge in [0, 0.05) is 18.1 Å². The zero-order valence-electron chi connectivity index (χ0n) is 7.54. The molecule has 0 aliphatic heterocycles. The molecule has 0 amide bonds. The largest absolute Gasteiger partial charge is 0.326 e. The van der Waals surface area contributed by atoms with Crippen LogP contribution in [-0.2, 0) is 5.54 Å². The van der Waals surface area contributed by atoms with E-state index in [4.69, 9.17) is 5.73 Å². The van der Waals surface area contributed by atoms with Crippen molar-refractivity contribution >= 4 is 5.78 Å². The van der Waals surface area contributed by atoms with Crippen molar-refractivity contribution in [2.45, 2.75) is 25.3 Å². The lowest BCUT2D eigenvalue weighted by atomic mass is 10.1. The molecule has 0 radical (unpaired) electrons. The second-order valence-corrected chi connectivity index (χ2v) is 3.86. The Morgan fingerprint density at radius 3 is 3.00 bits per heavy atom. The fourth-order valence-electron chi connectivity index (χ4n) is 1.86. The van der Waals surface area contributed by atoms with Crippen LogP contribution in [0.3, 0.4) is 0 Å². The average molecular weight is 176 g/mol. The molecular weight excluding hydrogens is 164 g/mol. The molecule has 1 aliphatic carbocycles. The van der Waals surface area contributed by atoms with Crippen LogP contribution in [0.25, 0.3) is 5.78 Å². The monoisotopic (exact) mass is 176 g/mol. The lowest BCUT2D eigenvalue weighted by Crippen LogP contribution is -2.20. The zero-order chi connectivity index (χ0) is 9.05. The minimum absolute atomic E-state index is 0.0925. The van der Waals surface area contributed by atoms with Gasteiger partial charge < -0.3 is 10.7 Å². The van der Waals surface area contributed by atoms with Gasteiger partial charge in [0.25, 0.3) is 0 Å². The van der Waals surface area contributed by atoms with Crippen molar-refractivity contribution in [2.75, 3.05) is 0 Å². The lowest BCUT2D eigenvalue weighted by Gasteiger charge is -2.06. The minimum Gasteiger partial charge on any atom is -0.326 e. The summed E-state index contributed by atoms with van der Waals surface area (Å²) in [7, 11) is 0. The van der Waals surface area contributed by atoms with Gasteiger partial charge in [0.1, 0.15) is 0 Å². The third kappa shape index (κ3) is 0.808. The fraction of sp³-hybridized carbons (Fsp3) is 0.444. The van der Waals surface area contributed by atoms with Gasteiger partial charge in [0.2, 0.25) is 5.78 Å². The quantitative estimate of drug-likeness (QED) is 0.678. The Hall–Kier alpha value is -1.29. The van der Waals surface area contributed by atoms with Crippen molar-refractivity contribution in [1.82, 2.24) is 14.4 Å². The van der Waals surface area contributed by atoms with E-state index in [-0.39, 0.29) is 5.54 Å². The number of hydrogen-bond acceptors (Lipinski definition) is 2. The van der Waals surface area contributed by atoms with Crippen LogP contribution in [0.5, 0.6) is 0 Å². The van der Waals surface area contributed by atoms with Crippen LogP contribution in [-0.4, -0.2) is 14.4 Å². The molecule has 68 valence electrons. The van der Waals surface area contributed by atoms with Gasteiger partial charge >= 0.3 is 0 Å². The van der Waals surface area contributed by atoms with E-state index in [2.05, 4.69) is 16.9 Å². The molecule has 3 rings (SSSR count). The SMILES string of the molecule is Cc1c(C2(N)CC2)[nH]c2nccn12. The molecule has 0 atom stereocenters.